The fourth-order valence-corrected chi connectivity index (χ4v) is 1.65. The summed E-state index contributed by atoms with van der Waals surface area (Å²) in [5.74, 6) is -0.972. The number of rotatable bonds is 2. The highest BCUT2D eigenvalue weighted by Crippen LogP contribution is 2.28. The smallest absolute Gasteiger partial charge is 0.341 e. The lowest BCUT2D eigenvalue weighted by atomic mass is 10.1. The first-order chi connectivity index (χ1) is 7.74. The Bertz CT molecular complexity index is 438. The normalized spacial score (nSPS) is 11.2. The number of carbonyl (C=O) groups excluding carboxylic acids is 1. The molecule has 0 bridgehead atoms. The summed E-state index contributed by atoms with van der Waals surface area (Å²) in [5.41, 5.74) is -0.802. The van der Waals surface area contributed by atoms with Crippen LogP contribution in [0.25, 0.3) is 0 Å². The molecule has 0 radical (unpaired) electrons. The summed E-state index contributed by atoms with van der Waals surface area (Å²) in [4.78, 5) is 11.7. The van der Waals surface area contributed by atoms with Crippen LogP contribution < -0.4 is 4.74 Å². The Hall–Kier alpha value is -1.10. The van der Waals surface area contributed by atoms with Crippen molar-refractivity contribution < 1.29 is 18.7 Å². The minimum absolute atomic E-state index is 0.139. The highest BCUT2D eigenvalue weighted by molar-refractivity contribution is 9.10. The first-order valence-corrected chi connectivity index (χ1v) is 5.80. The van der Waals surface area contributed by atoms with Crippen molar-refractivity contribution in [3.05, 3.63) is 28.0 Å². The molecular weight excluding hydrogens is 291 g/mol. The summed E-state index contributed by atoms with van der Waals surface area (Å²) in [6, 6.07) is 2.49. The van der Waals surface area contributed by atoms with Gasteiger partial charge in [0.2, 0.25) is 0 Å². The quantitative estimate of drug-likeness (QED) is 0.784. The second-order valence-electron chi connectivity index (χ2n) is 4.47. The lowest BCUT2D eigenvalue weighted by molar-refractivity contribution is 0.00643. The molecule has 0 aromatic heterocycles. The van der Waals surface area contributed by atoms with Crippen LogP contribution in [0.15, 0.2) is 16.6 Å². The monoisotopic (exact) mass is 304 g/mol. The molecule has 0 saturated heterocycles. The van der Waals surface area contributed by atoms with Crippen LogP contribution >= 0.6 is 15.9 Å². The summed E-state index contributed by atoms with van der Waals surface area (Å²) in [6.07, 6.45) is 0. The minimum atomic E-state index is -0.708. The van der Waals surface area contributed by atoms with Crippen LogP contribution in [0.4, 0.5) is 4.39 Å². The average molecular weight is 305 g/mol. The molecule has 0 N–H and O–H groups in total. The van der Waals surface area contributed by atoms with Crippen molar-refractivity contribution in [3.63, 3.8) is 0 Å². The molecule has 0 aliphatic carbocycles. The van der Waals surface area contributed by atoms with E-state index in [9.17, 15) is 9.18 Å². The van der Waals surface area contributed by atoms with Gasteiger partial charge in [-0.15, -0.1) is 0 Å². The van der Waals surface area contributed by atoms with Crippen molar-refractivity contribution in [1.82, 2.24) is 0 Å². The number of hydrogen-bond donors (Lipinski definition) is 0. The Morgan fingerprint density at radius 3 is 2.41 bits per heavy atom. The average Bonchev–Trinajstić information content (AvgIpc) is 2.14. The van der Waals surface area contributed by atoms with E-state index in [1.54, 1.807) is 20.8 Å². The van der Waals surface area contributed by atoms with Crippen molar-refractivity contribution in [2.75, 3.05) is 7.11 Å². The van der Waals surface area contributed by atoms with Gasteiger partial charge in [0.15, 0.2) is 0 Å². The Morgan fingerprint density at radius 2 is 1.94 bits per heavy atom. The van der Waals surface area contributed by atoms with Crippen LogP contribution in [0, 0.1) is 5.82 Å². The molecule has 1 aromatic carbocycles. The van der Waals surface area contributed by atoms with Gasteiger partial charge >= 0.3 is 5.97 Å². The first kappa shape index (κ1) is 14.0. The number of hydrogen-bond acceptors (Lipinski definition) is 3. The Labute approximate surface area is 108 Å². The van der Waals surface area contributed by atoms with Gasteiger partial charge in [-0.3, -0.25) is 0 Å². The van der Waals surface area contributed by atoms with Crippen LogP contribution in [-0.4, -0.2) is 18.7 Å². The molecule has 3 nitrogen and oxygen atoms in total. The third-order valence-electron chi connectivity index (χ3n) is 1.86. The minimum Gasteiger partial charge on any atom is -0.496 e. The number of carbonyl (C=O) groups is 1. The predicted molar refractivity (Wildman–Crippen MR) is 65.8 cm³/mol. The van der Waals surface area contributed by atoms with Crippen LogP contribution in [0.3, 0.4) is 0 Å². The highest BCUT2D eigenvalue weighted by atomic mass is 79.9. The number of esters is 1. The number of benzene rings is 1. The maximum absolute atomic E-state index is 13.6. The van der Waals surface area contributed by atoms with E-state index < -0.39 is 17.4 Å². The van der Waals surface area contributed by atoms with Crippen molar-refractivity contribution in [1.29, 1.82) is 0 Å². The molecule has 0 unspecified atom stereocenters. The predicted octanol–water partition coefficient (Wildman–Crippen LogP) is 3.55. The van der Waals surface area contributed by atoms with Crippen molar-refractivity contribution in [3.8, 4) is 5.75 Å². The number of halogens is 2. The Balaban J connectivity index is 3.10. The van der Waals surface area contributed by atoms with Crippen LogP contribution in [0.1, 0.15) is 31.1 Å². The van der Waals surface area contributed by atoms with Crippen LogP contribution in [0.5, 0.6) is 5.75 Å². The molecule has 5 heteroatoms. The molecule has 0 aliphatic rings. The fraction of sp³-hybridized carbons (Fsp3) is 0.417. The molecular formula is C12H14BrFO3. The third-order valence-corrected chi connectivity index (χ3v) is 2.48. The van der Waals surface area contributed by atoms with E-state index in [0.29, 0.717) is 10.2 Å². The zero-order valence-electron chi connectivity index (χ0n) is 10.1. The van der Waals surface area contributed by atoms with Crippen molar-refractivity contribution in [2.45, 2.75) is 26.4 Å². The van der Waals surface area contributed by atoms with Gasteiger partial charge in [-0.25, -0.2) is 9.18 Å². The summed E-state index contributed by atoms with van der Waals surface area (Å²) in [5, 5.41) is 0. The molecule has 94 valence electrons. The summed E-state index contributed by atoms with van der Waals surface area (Å²) < 4.78 is 24.1. The lowest BCUT2D eigenvalue weighted by Gasteiger charge is -2.20. The van der Waals surface area contributed by atoms with Crippen molar-refractivity contribution in [2.24, 2.45) is 0 Å². The summed E-state index contributed by atoms with van der Waals surface area (Å²) in [7, 11) is 1.44. The second kappa shape index (κ2) is 5.04. The Kier molecular flexibility index (Phi) is 4.14. The maximum Gasteiger partial charge on any atom is 0.341 e. The number of ether oxygens (including phenoxy) is 2. The Morgan fingerprint density at radius 1 is 1.35 bits per heavy atom. The lowest BCUT2D eigenvalue weighted by Crippen LogP contribution is -2.24. The van der Waals surface area contributed by atoms with Gasteiger partial charge in [0.25, 0.3) is 0 Å². The van der Waals surface area contributed by atoms with Crippen LogP contribution in [0.2, 0.25) is 0 Å². The second-order valence-corrected chi connectivity index (χ2v) is 5.32. The molecule has 0 amide bonds. The largest absolute Gasteiger partial charge is 0.496 e. The highest BCUT2D eigenvalue weighted by Gasteiger charge is 2.22. The molecule has 0 aliphatic heterocycles. The van der Waals surface area contributed by atoms with E-state index in [-0.39, 0.29) is 5.56 Å². The molecule has 0 atom stereocenters. The molecule has 17 heavy (non-hydrogen) atoms. The maximum atomic E-state index is 13.6. The van der Waals surface area contributed by atoms with Gasteiger partial charge in [-0.05, 0) is 48.8 Å². The SMILES string of the molecule is COc1cc(C(=O)OC(C)(C)C)c(F)cc1Br. The summed E-state index contributed by atoms with van der Waals surface area (Å²) >= 11 is 3.13. The van der Waals surface area contributed by atoms with E-state index in [1.165, 1.54) is 19.2 Å². The fourth-order valence-electron chi connectivity index (χ4n) is 1.18. The van der Waals surface area contributed by atoms with Gasteiger partial charge in [-0.1, -0.05) is 0 Å². The van der Waals surface area contributed by atoms with E-state index in [4.69, 9.17) is 9.47 Å². The standard InChI is InChI=1S/C12H14BrFO3/c1-12(2,3)17-11(15)7-5-10(16-4)8(13)6-9(7)14/h5-6H,1-4H3. The molecule has 0 heterocycles. The van der Waals surface area contributed by atoms with Gasteiger partial charge in [-0.2, -0.15) is 0 Å². The van der Waals surface area contributed by atoms with E-state index in [1.807, 2.05) is 0 Å². The van der Waals surface area contributed by atoms with E-state index in [2.05, 4.69) is 15.9 Å². The topological polar surface area (TPSA) is 35.5 Å². The van der Waals surface area contributed by atoms with E-state index >= 15 is 0 Å². The zero-order valence-corrected chi connectivity index (χ0v) is 11.7. The van der Waals surface area contributed by atoms with Gasteiger partial charge < -0.3 is 9.47 Å². The van der Waals surface area contributed by atoms with Gasteiger partial charge in [0.1, 0.15) is 17.2 Å². The first-order valence-electron chi connectivity index (χ1n) is 5.01. The zero-order chi connectivity index (χ0) is 13.2. The third kappa shape index (κ3) is 3.70. The summed E-state index contributed by atoms with van der Waals surface area (Å²) in [6.45, 7) is 5.16. The van der Waals surface area contributed by atoms with Crippen molar-refractivity contribution >= 4 is 21.9 Å². The molecule has 0 fully saturated rings. The van der Waals surface area contributed by atoms with Gasteiger partial charge in [0, 0.05) is 0 Å². The molecule has 1 aromatic rings. The van der Waals surface area contributed by atoms with Gasteiger partial charge in [0.05, 0.1) is 17.1 Å². The molecule has 1 rings (SSSR count). The van der Waals surface area contributed by atoms with Crippen LogP contribution in [-0.2, 0) is 4.74 Å². The molecule has 0 spiro atoms. The molecule has 0 saturated carbocycles. The number of methoxy groups -OCH3 is 1. The van der Waals surface area contributed by atoms with E-state index in [0.717, 1.165) is 0 Å².